The van der Waals surface area contributed by atoms with Crippen LogP contribution in [0.1, 0.15) is 37.1 Å². The van der Waals surface area contributed by atoms with Crippen molar-refractivity contribution in [3.63, 3.8) is 0 Å². The molecule has 3 unspecified atom stereocenters. The summed E-state index contributed by atoms with van der Waals surface area (Å²) in [5, 5.41) is 12.4. The van der Waals surface area contributed by atoms with E-state index in [4.69, 9.17) is 11.5 Å². The van der Waals surface area contributed by atoms with E-state index in [2.05, 4.69) is 119 Å². The standard InChI is InChI=1S/C32H28N4S.C8H11N/c1-20(21-9-3-2-4-10-21)35-32(33)22-15-18-29(34-19-22)36-27-13-7-5-11-23(27)25-16-17-26-24-12-6-8-14-28(24)37-31(26)30(25)36;1-7(9)8-5-3-2-4-6-8/h2-18,20,32,34-35H,19,33H2,1H3;2-7H,9H2,1H3. The van der Waals surface area contributed by atoms with Gasteiger partial charge >= 0.3 is 0 Å². The van der Waals surface area contributed by atoms with Crippen LogP contribution in [0.3, 0.4) is 0 Å². The third-order valence-corrected chi connectivity index (χ3v) is 10.00. The van der Waals surface area contributed by atoms with E-state index in [1.165, 1.54) is 53.1 Å². The van der Waals surface area contributed by atoms with Crippen molar-refractivity contribution >= 4 is 59.1 Å². The van der Waals surface area contributed by atoms with E-state index >= 15 is 0 Å². The van der Waals surface area contributed by atoms with Crippen molar-refractivity contribution in [2.45, 2.75) is 32.1 Å². The first-order chi connectivity index (χ1) is 22.5. The predicted octanol–water partition coefficient (Wildman–Crippen LogP) is 8.83. The van der Waals surface area contributed by atoms with E-state index in [0.717, 1.165) is 11.4 Å². The van der Waals surface area contributed by atoms with Crippen molar-refractivity contribution in [2.24, 2.45) is 11.5 Å². The van der Waals surface area contributed by atoms with E-state index in [1.54, 1.807) is 0 Å². The van der Waals surface area contributed by atoms with Crippen LogP contribution in [0.4, 0.5) is 0 Å². The molecule has 0 spiro atoms. The molecule has 1 aliphatic rings. The molecule has 3 heterocycles. The fourth-order valence-corrected chi connectivity index (χ4v) is 7.56. The number of allylic oxidation sites excluding steroid dienone is 2. The number of rotatable bonds is 6. The Morgan fingerprint density at radius 2 is 1.30 bits per heavy atom. The van der Waals surface area contributed by atoms with Gasteiger partial charge in [-0.3, -0.25) is 9.88 Å². The van der Waals surface area contributed by atoms with Crippen LogP contribution >= 0.6 is 11.3 Å². The molecule has 8 rings (SSSR count). The molecule has 1 aliphatic heterocycles. The second-order valence-electron chi connectivity index (χ2n) is 11.9. The van der Waals surface area contributed by atoms with Gasteiger partial charge in [-0.05, 0) is 48.8 Å². The molecule has 5 nitrogen and oxygen atoms in total. The van der Waals surface area contributed by atoms with Gasteiger partial charge in [0.25, 0.3) is 0 Å². The fraction of sp³-hybridized carbons (Fsp3) is 0.150. The summed E-state index contributed by atoms with van der Waals surface area (Å²) in [7, 11) is 0. The summed E-state index contributed by atoms with van der Waals surface area (Å²) >= 11 is 1.87. The number of nitrogens with one attached hydrogen (secondary N) is 2. The number of hydrogen-bond donors (Lipinski definition) is 4. The molecule has 0 amide bonds. The molecule has 5 aromatic carbocycles. The maximum Gasteiger partial charge on any atom is 0.111 e. The van der Waals surface area contributed by atoms with Gasteiger partial charge in [-0.25, -0.2) is 0 Å². The molecule has 2 aromatic heterocycles. The first-order valence-corrected chi connectivity index (χ1v) is 16.7. The van der Waals surface area contributed by atoms with E-state index in [0.29, 0.717) is 6.54 Å². The van der Waals surface area contributed by atoms with Crippen LogP contribution in [0.5, 0.6) is 0 Å². The van der Waals surface area contributed by atoms with Crippen LogP contribution in [0.25, 0.3) is 47.8 Å². The maximum absolute atomic E-state index is 6.60. The topological polar surface area (TPSA) is 81.0 Å². The predicted molar refractivity (Wildman–Crippen MR) is 198 cm³/mol. The Balaban J connectivity index is 0.000000326. The monoisotopic (exact) mass is 621 g/mol. The number of benzene rings is 5. The summed E-state index contributed by atoms with van der Waals surface area (Å²) in [5.41, 5.74) is 18.2. The van der Waals surface area contributed by atoms with Crippen LogP contribution in [0.2, 0.25) is 0 Å². The number of nitrogens with two attached hydrogens (primary N) is 2. The van der Waals surface area contributed by atoms with Crippen LogP contribution in [0.15, 0.2) is 139 Å². The molecule has 0 saturated heterocycles. The highest BCUT2D eigenvalue weighted by molar-refractivity contribution is 7.26. The second-order valence-corrected chi connectivity index (χ2v) is 13.0. The van der Waals surface area contributed by atoms with Crippen molar-refractivity contribution in [3.8, 4) is 0 Å². The summed E-state index contributed by atoms with van der Waals surface area (Å²) in [4.78, 5) is 0. The highest BCUT2D eigenvalue weighted by Crippen LogP contribution is 2.42. The van der Waals surface area contributed by atoms with Crippen molar-refractivity contribution in [2.75, 3.05) is 6.54 Å². The minimum absolute atomic E-state index is 0.159. The number of hydrogen-bond acceptors (Lipinski definition) is 5. The van der Waals surface area contributed by atoms with Crippen molar-refractivity contribution in [1.82, 2.24) is 15.2 Å². The highest BCUT2D eigenvalue weighted by Gasteiger charge is 2.21. The lowest BCUT2D eigenvalue weighted by atomic mass is 10.1. The number of thiophene rings is 1. The Hall–Kier alpha value is -4.72. The minimum atomic E-state index is -0.229. The zero-order valence-corrected chi connectivity index (χ0v) is 27.0. The van der Waals surface area contributed by atoms with Crippen LogP contribution in [-0.2, 0) is 0 Å². The molecule has 7 aromatic rings. The molecular weight excluding hydrogens is 583 g/mol. The van der Waals surface area contributed by atoms with Gasteiger partial charge in [-0.15, -0.1) is 11.3 Å². The van der Waals surface area contributed by atoms with Gasteiger partial charge in [0.15, 0.2) is 0 Å². The lowest BCUT2D eigenvalue weighted by Gasteiger charge is -2.26. The summed E-state index contributed by atoms with van der Waals surface area (Å²) in [6, 6.07) is 42.8. The third kappa shape index (κ3) is 5.72. The molecule has 230 valence electrons. The maximum atomic E-state index is 6.60. The Morgan fingerprint density at radius 1 is 0.674 bits per heavy atom. The van der Waals surface area contributed by atoms with Gasteiger partial charge in [0.05, 0.1) is 21.9 Å². The van der Waals surface area contributed by atoms with Gasteiger partial charge in [0.2, 0.25) is 0 Å². The Labute approximate surface area is 273 Å². The van der Waals surface area contributed by atoms with Crippen LogP contribution in [0, 0.1) is 0 Å². The molecule has 6 heteroatoms. The highest BCUT2D eigenvalue weighted by atomic mass is 32.1. The number of dihydropyridines is 1. The van der Waals surface area contributed by atoms with E-state index in [-0.39, 0.29) is 18.2 Å². The van der Waals surface area contributed by atoms with Gasteiger partial charge in [0.1, 0.15) is 5.82 Å². The van der Waals surface area contributed by atoms with Gasteiger partial charge in [-0.1, -0.05) is 115 Å². The van der Waals surface area contributed by atoms with E-state index in [1.807, 2.05) is 54.7 Å². The quantitative estimate of drug-likeness (QED) is 0.140. The number of nitrogens with zero attached hydrogens (tertiary/aromatic N) is 1. The molecule has 0 radical (unpaired) electrons. The normalized spacial score (nSPS) is 15.1. The lowest BCUT2D eigenvalue weighted by Crippen LogP contribution is -2.43. The van der Waals surface area contributed by atoms with Crippen LogP contribution in [-0.4, -0.2) is 17.3 Å². The van der Waals surface area contributed by atoms with Crippen LogP contribution < -0.4 is 22.1 Å². The summed E-state index contributed by atoms with van der Waals surface area (Å²) in [5.74, 6) is 1.07. The molecular formula is C40H39N5S. The number of fused-ring (bicyclic) bond motifs is 7. The first-order valence-electron chi connectivity index (χ1n) is 15.8. The van der Waals surface area contributed by atoms with Gasteiger partial charge in [-0.2, -0.15) is 0 Å². The Morgan fingerprint density at radius 3 is 1.98 bits per heavy atom. The van der Waals surface area contributed by atoms with Gasteiger partial charge < -0.3 is 16.8 Å². The summed E-state index contributed by atoms with van der Waals surface area (Å²) < 4.78 is 5.03. The molecule has 0 bridgehead atoms. The van der Waals surface area contributed by atoms with Crippen molar-refractivity contribution < 1.29 is 0 Å². The zero-order chi connectivity index (χ0) is 31.6. The smallest absolute Gasteiger partial charge is 0.111 e. The second kappa shape index (κ2) is 12.9. The number of aromatic nitrogens is 1. The Bertz CT molecular complexity index is 2190. The molecule has 3 atom stereocenters. The SMILES string of the molecule is CC(N)c1ccccc1.CC(NC(N)C1=CC=C(n2c3ccccc3c3ccc4c5ccccc5sc4c32)NC1)c1ccccc1. The molecule has 0 aliphatic carbocycles. The van der Waals surface area contributed by atoms with Crippen molar-refractivity contribution in [1.29, 1.82) is 0 Å². The molecule has 0 saturated carbocycles. The molecule has 0 fully saturated rings. The summed E-state index contributed by atoms with van der Waals surface area (Å²) in [6.45, 7) is 4.83. The molecule has 46 heavy (non-hydrogen) atoms. The average Bonchev–Trinajstić information content (AvgIpc) is 3.65. The Kier molecular flexibility index (Phi) is 8.43. The first kappa shape index (κ1) is 30.0. The summed E-state index contributed by atoms with van der Waals surface area (Å²) in [6.07, 6.45) is 4.12. The lowest BCUT2D eigenvalue weighted by molar-refractivity contribution is 0.498. The average molecular weight is 622 g/mol. The van der Waals surface area contributed by atoms with E-state index < -0.39 is 0 Å². The minimum Gasteiger partial charge on any atom is -0.367 e. The fourth-order valence-electron chi connectivity index (χ4n) is 6.32. The largest absolute Gasteiger partial charge is 0.367 e. The van der Waals surface area contributed by atoms with Crippen molar-refractivity contribution in [3.05, 3.63) is 150 Å². The molecule has 6 N–H and O–H groups in total. The van der Waals surface area contributed by atoms with E-state index in [9.17, 15) is 0 Å². The number of para-hydroxylation sites is 1. The zero-order valence-electron chi connectivity index (χ0n) is 26.2. The third-order valence-electron chi connectivity index (χ3n) is 8.80. The van der Waals surface area contributed by atoms with Gasteiger partial charge in [0, 0.05) is 44.9 Å².